The number of hydrogen-bond acceptors (Lipinski definition) is 6. The van der Waals surface area contributed by atoms with Gasteiger partial charge in [0.2, 0.25) is 0 Å². The Balaban J connectivity index is 1.68. The number of nitrogens with one attached hydrogen (secondary N) is 1. The van der Waals surface area contributed by atoms with Crippen molar-refractivity contribution in [3.8, 4) is 0 Å². The summed E-state index contributed by atoms with van der Waals surface area (Å²) in [5, 5.41) is 14.4. The molecule has 8 heteroatoms. The van der Waals surface area contributed by atoms with Crippen LogP contribution in [0.1, 0.15) is 16.1 Å². The molecule has 1 heterocycles. The Bertz CT molecular complexity index is 938. The quantitative estimate of drug-likeness (QED) is 0.450. The Morgan fingerprint density at radius 2 is 1.83 bits per heavy atom. The van der Waals surface area contributed by atoms with Crippen LogP contribution in [0.4, 0.5) is 5.69 Å². The zero-order chi connectivity index (χ0) is 16.9. The molecule has 24 heavy (non-hydrogen) atoms. The Labute approximate surface area is 136 Å². The molecule has 0 saturated heterocycles. The van der Waals surface area contributed by atoms with Crippen LogP contribution in [-0.2, 0) is 0 Å². The minimum Gasteiger partial charge on any atom is -0.267 e. The summed E-state index contributed by atoms with van der Waals surface area (Å²) in [5.74, 6) is -0.477. The first kappa shape index (κ1) is 15.2. The van der Waals surface area contributed by atoms with E-state index in [1.807, 2.05) is 24.3 Å². The molecule has 0 unspecified atom stereocenters. The average molecular weight is 321 g/mol. The number of carbonyl (C=O) groups excluding carboxylic acids is 1. The van der Waals surface area contributed by atoms with Gasteiger partial charge in [-0.2, -0.15) is 5.10 Å². The van der Waals surface area contributed by atoms with Crippen LogP contribution in [0, 0.1) is 10.1 Å². The SMILES string of the molecule is O=C(NN=Cc1cnc2ccccc2n1)c1ccc([N+](=O)[O-])cc1. The fourth-order valence-electron chi connectivity index (χ4n) is 1.99. The van der Waals surface area contributed by atoms with Crippen LogP contribution in [0.5, 0.6) is 0 Å². The van der Waals surface area contributed by atoms with Crippen molar-refractivity contribution in [1.29, 1.82) is 0 Å². The number of fused-ring (bicyclic) bond motifs is 1. The largest absolute Gasteiger partial charge is 0.271 e. The second-order valence-corrected chi connectivity index (χ2v) is 4.79. The van der Waals surface area contributed by atoms with E-state index in [2.05, 4.69) is 20.5 Å². The van der Waals surface area contributed by atoms with Gasteiger partial charge in [0.15, 0.2) is 0 Å². The number of aromatic nitrogens is 2. The molecular weight excluding hydrogens is 310 g/mol. The predicted molar refractivity (Wildman–Crippen MR) is 87.7 cm³/mol. The lowest BCUT2D eigenvalue weighted by molar-refractivity contribution is -0.384. The van der Waals surface area contributed by atoms with Crippen LogP contribution < -0.4 is 5.43 Å². The lowest BCUT2D eigenvalue weighted by Gasteiger charge is -2.00. The van der Waals surface area contributed by atoms with Crippen molar-refractivity contribution < 1.29 is 9.72 Å². The summed E-state index contributed by atoms with van der Waals surface area (Å²) in [7, 11) is 0. The van der Waals surface area contributed by atoms with Crippen LogP contribution >= 0.6 is 0 Å². The van der Waals surface area contributed by atoms with Crippen molar-refractivity contribution >= 4 is 28.8 Å². The molecule has 8 nitrogen and oxygen atoms in total. The predicted octanol–water partition coefficient (Wildman–Crippen LogP) is 2.30. The number of amides is 1. The first-order valence-electron chi connectivity index (χ1n) is 6.93. The van der Waals surface area contributed by atoms with Crippen LogP contribution in [0.25, 0.3) is 11.0 Å². The van der Waals surface area contributed by atoms with Crippen molar-refractivity contribution in [3.63, 3.8) is 0 Å². The van der Waals surface area contributed by atoms with Gasteiger partial charge in [-0.1, -0.05) is 12.1 Å². The summed E-state index contributed by atoms with van der Waals surface area (Å²) in [5.41, 5.74) is 4.51. The molecule has 0 atom stereocenters. The van der Waals surface area contributed by atoms with E-state index >= 15 is 0 Å². The molecule has 0 aliphatic rings. The number of hydrazone groups is 1. The molecule has 0 radical (unpaired) electrons. The highest BCUT2D eigenvalue weighted by Crippen LogP contribution is 2.11. The third kappa shape index (κ3) is 3.38. The monoisotopic (exact) mass is 321 g/mol. The number of carbonyl (C=O) groups is 1. The molecule has 1 N–H and O–H groups in total. The van der Waals surface area contributed by atoms with Crippen LogP contribution in [-0.4, -0.2) is 27.0 Å². The van der Waals surface area contributed by atoms with Crippen LogP contribution in [0.15, 0.2) is 59.8 Å². The summed E-state index contributed by atoms with van der Waals surface area (Å²) < 4.78 is 0. The second kappa shape index (κ2) is 6.61. The molecule has 0 fully saturated rings. The molecule has 0 spiro atoms. The molecule has 0 aliphatic carbocycles. The minimum atomic E-state index is -0.530. The van der Waals surface area contributed by atoms with Crippen molar-refractivity contribution in [2.24, 2.45) is 5.10 Å². The summed E-state index contributed by atoms with van der Waals surface area (Å²) in [6.07, 6.45) is 2.92. The number of rotatable bonds is 4. The van der Waals surface area contributed by atoms with Gasteiger partial charge in [-0.3, -0.25) is 19.9 Å². The molecule has 0 bridgehead atoms. The maximum Gasteiger partial charge on any atom is 0.271 e. The van der Waals surface area contributed by atoms with Crippen molar-refractivity contribution in [2.75, 3.05) is 0 Å². The molecule has 0 saturated carbocycles. The first-order valence-corrected chi connectivity index (χ1v) is 6.93. The molecule has 1 aromatic heterocycles. The third-order valence-electron chi connectivity index (χ3n) is 3.17. The Morgan fingerprint density at radius 3 is 2.54 bits per heavy atom. The van der Waals surface area contributed by atoms with Gasteiger partial charge in [-0.15, -0.1) is 0 Å². The standard InChI is InChI=1S/C16H11N5O3/c22-16(11-5-7-13(8-6-11)21(23)24)20-18-10-12-9-17-14-3-1-2-4-15(14)19-12/h1-10H,(H,20,22). The van der Waals surface area contributed by atoms with E-state index in [0.717, 1.165) is 11.0 Å². The number of nitrogens with zero attached hydrogens (tertiary/aromatic N) is 4. The molecule has 118 valence electrons. The van der Waals surface area contributed by atoms with Crippen LogP contribution in [0.2, 0.25) is 0 Å². The molecule has 2 aromatic carbocycles. The highest BCUT2D eigenvalue weighted by molar-refractivity contribution is 5.95. The van der Waals surface area contributed by atoms with Crippen molar-refractivity contribution in [2.45, 2.75) is 0 Å². The summed E-state index contributed by atoms with van der Waals surface area (Å²) >= 11 is 0. The van der Waals surface area contributed by atoms with E-state index < -0.39 is 10.8 Å². The highest BCUT2D eigenvalue weighted by Gasteiger charge is 2.08. The Morgan fingerprint density at radius 1 is 1.12 bits per heavy atom. The normalized spacial score (nSPS) is 10.8. The summed E-state index contributed by atoms with van der Waals surface area (Å²) in [6, 6.07) is 12.6. The van der Waals surface area contributed by atoms with E-state index in [4.69, 9.17) is 0 Å². The Kier molecular flexibility index (Phi) is 4.19. The van der Waals surface area contributed by atoms with Gasteiger partial charge < -0.3 is 0 Å². The smallest absolute Gasteiger partial charge is 0.267 e. The number of benzene rings is 2. The number of nitro groups is 1. The van der Waals surface area contributed by atoms with E-state index in [-0.39, 0.29) is 11.3 Å². The van der Waals surface area contributed by atoms with Gasteiger partial charge in [-0.25, -0.2) is 10.4 Å². The third-order valence-corrected chi connectivity index (χ3v) is 3.17. The molecule has 1 amide bonds. The number of nitro benzene ring substituents is 1. The fraction of sp³-hybridized carbons (Fsp3) is 0. The molecule has 3 rings (SSSR count). The average Bonchev–Trinajstić information content (AvgIpc) is 2.61. The van der Waals surface area contributed by atoms with Gasteiger partial charge in [0.05, 0.1) is 28.4 Å². The summed E-state index contributed by atoms with van der Waals surface area (Å²) in [6.45, 7) is 0. The Hall–Kier alpha value is -3.68. The fourth-order valence-corrected chi connectivity index (χ4v) is 1.99. The number of hydrogen-bond donors (Lipinski definition) is 1. The highest BCUT2D eigenvalue weighted by atomic mass is 16.6. The lowest BCUT2D eigenvalue weighted by atomic mass is 10.2. The van der Waals surface area contributed by atoms with E-state index in [0.29, 0.717) is 5.69 Å². The van der Waals surface area contributed by atoms with Crippen LogP contribution in [0.3, 0.4) is 0 Å². The van der Waals surface area contributed by atoms with Gasteiger partial charge >= 0.3 is 0 Å². The summed E-state index contributed by atoms with van der Waals surface area (Å²) in [4.78, 5) is 30.5. The molecule has 3 aromatic rings. The zero-order valence-electron chi connectivity index (χ0n) is 12.3. The molecular formula is C16H11N5O3. The lowest BCUT2D eigenvalue weighted by Crippen LogP contribution is -2.17. The van der Waals surface area contributed by atoms with E-state index in [9.17, 15) is 14.9 Å². The maximum atomic E-state index is 11.9. The second-order valence-electron chi connectivity index (χ2n) is 4.79. The topological polar surface area (TPSA) is 110 Å². The van der Waals surface area contributed by atoms with E-state index in [1.165, 1.54) is 30.5 Å². The maximum absolute atomic E-state index is 11.9. The first-order chi connectivity index (χ1) is 11.6. The van der Waals surface area contributed by atoms with E-state index in [1.54, 1.807) is 6.20 Å². The number of non-ortho nitro benzene ring substituents is 1. The molecule has 0 aliphatic heterocycles. The number of para-hydroxylation sites is 2. The van der Waals surface area contributed by atoms with Gasteiger partial charge in [0, 0.05) is 17.7 Å². The van der Waals surface area contributed by atoms with Crippen molar-refractivity contribution in [1.82, 2.24) is 15.4 Å². The van der Waals surface area contributed by atoms with Gasteiger partial charge in [0.25, 0.3) is 11.6 Å². The van der Waals surface area contributed by atoms with Crippen molar-refractivity contribution in [3.05, 3.63) is 76.1 Å². The minimum absolute atomic E-state index is 0.0820. The van der Waals surface area contributed by atoms with Gasteiger partial charge in [0.1, 0.15) is 5.69 Å². The van der Waals surface area contributed by atoms with Gasteiger partial charge in [-0.05, 0) is 24.3 Å². The zero-order valence-corrected chi connectivity index (χ0v) is 12.3.